The molecular formula is C21H24BrNO5. The number of aliphatic hydroxyl groups is 2. The van der Waals surface area contributed by atoms with Crippen molar-refractivity contribution in [3.8, 4) is 5.75 Å². The molecule has 0 radical (unpaired) electrons. The Morgan fingerprint density at radius 2 is 2.00 bits per heavy atom. The van der Waals surface area contributed by atoms with E-state index in [4.69, 9.17) is 9.84 Å². The number of benzene rings is 2. The summed E-state index contributed by atoms with van der Waals surface area (Å²) in [4.78, 5) is 12.8. The van der Waals surface area contributed by atoms with Crippen LogP contribution in [0.1, 0.15) is 34.3 Å². The Kier molecular flexibility index (Phi) is 7.07. The van der Waals surface area contributed by atoms with Gasteiger partial charge in [0, 0.05) is 24.0 Å². The van der Waals surface area contributed by atoms with Gasteiger partial charge in [-0.05, 0) is 54.3 Å². The summed E-state index contributed by atoms with van der Waals surface area (Å²) in [6, 6.07) is 12.2. The van der Waals surface area contributed by atoms with Crippen LogP contribution in [0.25, 0.3) is 0 Å². The minimum absolute atomic E-state index is 0.236. The lowest BCUT2D eigenvalue weighted by molar-refractivity contribution is -0.0430. The van der Waals surface area contributed by atoms with E-state index >= 15 is 0 Å². The van der Waals surface area contributed by atoms with Crippen LogP contribution < -0.4 is 4.74 Å². The first-order valence-electron chi connectivity index (χ1n) is 9.26. The maximum atomic E-state index is 10.9. The Bertz CT molecular complexity index is 811. The number of piperidine rings is 1. The first kappa shape index (κ1) is 20.8. The van der Waals surface area contributed by atoms with Crippen LogP contribution in [0.2, 0.25) is 0 Å². The summed E-state index contributed by atoms with van der Waals surface area (Å²) in [6.07, 6.45) is 0.943. The molecule has 2 atom stereocenters. The van der Waals surface area contributed by atoms with E-state index in [0.29, 0.717) is 25.3 Å². The predicted octanol–water partition coefficient (Wildman–Crippen LogP) is 3.04. The monoisotopic (exact) mass is 449 g/mol. The molecule has 7 heteroatoms. The van der Waals surface area contributed by atoms with Crippen LogP contribution in [-0.2, 0) is 13.0 Å². The van der Waals surface area contributed by atoms with Gasteiger partial charge in [0.05, 0.1) is 11.7 Å². The van der Waals surface area contributed by atoms with Crippen molar-refractivity contribution >= 4 is 21.9 Å². The zero-order valence-corrected chi connectivity index (χ0v) is 17.0. The molecule has 1 aliphatic heterocycles. The zero-order valence-electron chi connectivity index (χ0n) is 15.4. The largest absolute Gasteiger partial charge is 0.489 e. The number of hydrogen-bond acceptors (Lipinski definition) is 5. The second kappa shape index (κ2) is 9.52. The molecule has 0 spiro atoms. The fourth-order valence-electron chi connectivity index (χ4n) is 3.33. The molecule has 2 aromatic carbocycles. The third-order valence-corrected chi connectivity index (χ3v) is 5.36. The van der Waals surface area contributed by atoms with Crippen molar-refractivity contribution in [3.05, 3.63) is 63.6 Å². The second-order valence-corrected chi connectivity index (χ2v) is 7.93. The van der Waals surface area contributed by atoms with E-state index in [1.807, 2.05) is 23.1 Å². The molecule has 1 heterocycles. The van der Waals surface area contributed by atoms with E-state index in [0.717, 1.165) is 35.0 Å². The van der Waals surface area contributed by atoms with Crippen LogP contribution in [-0.4, -0.2) is 51.6 Å². The van der Waals surface area contributed by atoms with Crippen LogP contribution in [0.4, 0.5) is 0 Å². The van der Waals surface area contributed by atoms with Crippen molar-refractivity contribution in [2.24, 2.45) is 0 Å². The normalized spacial score (nSPS) is 18.6. The highest BCUT2D eigenvalue weighted by atomic mass is 79.9. The molecule has 6 nitrogen and oxygen atoms in total. The Balaban J connectivity index is 1.67. The van der Waals surface area contributed by atoms with E-state index < -0.39 is 18.3 Å². The third-order valence-electron chi connectivity index (χ3n) is 4.87. The van der Waals surface area contributed by atoms with Crippen LogP contribution in [0.15, 0.2) is 46.9 Å². The van der Waals surface area contributed by atoms with Crippen LogP contribution >= 0.6 is 15.9 Å². The highest BCUT2D eigenvalue weighted by molar-refractivity contribution is 9.10. The predicted molar refractivity (Wildman–Crippen MR) is 108 cm³/mol. The Labute approximate surface area is 172 Å². The van der Waals surface area contributed by atoms with Gasteiger partial charge >= 0.3 is 5.97 Å². The zero-order chi connectivity index (χ0) is 20.1. The van der Waals surface area contributed by atoms with Gasteiger partial charge in [0.25, 0.3) is 0 Å². The van der Waals surface area contributed by atoms with Crippen LogP contribution in [0.3, 0.4) is 0 Å². The fraction of sp³-hybridized carbons (Fsp3) is 0.381. The molecule has 0 bridgehead atoms. The smallest absolute Gasteiger partial charge is 0.335 e. The van der Waals surface area contributed by atoms with Gasteiger partial charge in [0.1, 0.15) is 18.6 Å². The number of aromatic carboxylic acids is 1. The van der Waals surface area contributed by atoms with Gasteiger partial charge in [0.15, 0.2) is 0 Å². The molecule has 3 N–H and O–H groups in total. The quantitative estimate of drug-likeness (QED) is 0.601. The summed E-state index contributed by atoms with van der Waals surface area (Å²) >= 11 is 3.46. The Morgan fingerprint density at radius 3 is 2.68 bits per heavy atom. The first-order chi connectivity index (χ1) is 13.4. The molecule has 150 valence electrons. The van der Waals surface area contributed by atoms with Gasteiger partial charge in [-0.25, -0.2) is 4.79 Å². The number of halogens is 1. The number of carboxylic acid groups (broad SMARTS) is 1. The number of ether oxygens (including phenoxy) is 1. The number of hydrogen-bond donors (Lipinski definition) is 3. The van der Waals surface area contributed by atoms with Crippen LogP contribution in [0.5, 0.6) is 5.75 Å². The van der Waals surface area contributed by atoms with Crippen molar-refractivity contribution in [2.75, 3.05) is 13.1 Å². The lowest BCUT2D eigenvalue weighted by Gasteiger charge is -2.34. The Morgan fingerprint density at radius 1 is 1.25 bits per heavy atom. The summed E-state index contributed by atoms with van der Waals surface area (Å²) in [5.74, 6) is -0.290. The average molecular weight is 450 g/mol. The van der Waals surface area contributed by atoms with Crippen molar-refractivity contribution in [3.63, 3.8) is 0 Å². The first-order valence-corrected chi connectivity index (χ1v) is 10.1. The molecule has 28 heavy (non-hydrogen) atoms. The standard InChI is InChI=1S/C21H24BrNO5/c22-17-7-8-19(28-13-14-3-5-15(6-4-14)21(26)27)16(10-17)11-20(25)23-9-1-2-18(24)12-23/h3-8,10,18,20,24-25H,1-2,9,11-13H2,(H,26,27). The molecule has 1 fully saturated rings. The number of carbonyl (C=O) groups is 1. The van der Waals surface area contributed by atoms with Crippen molar-refractivity contribution in [1.82, 2.24) is 4.90 Å². The lowest BCUT2D eigenvalue weighted by Crippen LogP contribution is -2.45. The van der Waals surface area contributed by atoms with Gasteiger partial charge in [-0.3, -0.25) is 4.90 Å². The molecule has 0 aliphatic carbocycles. The number of nitrogens with zero attached hydrogens (tertiary/aromatic N) is 1. The van der Waals surface area contributed by atoms with Gasteiger partial charge in [0.2, 0.25) is 0 Å². The summed E-state index contributed by atoms with van der Waals surface area (Å²) < 4.78 is 6.84. The Hall–Kier alpha value is -1.93. The number of aliphatic hydroxyl groups excluding tert-OH is 2. The average Bonchev–Trinajstić information content (AvgIpc) is 2.67. The summed E-state index contributed by atoms with van der Waals surface area (Å²) in [7, 11) is 0. The summed E-state index contributed by atoms with van der Waals surface area (Å²) in [5, 5.41) is 29.4. The molecular weight excluding hydrogens is 426 g/mol. The van der Waals surface area contributed by atoms with Crippen molar-refractivity contribution in [2.45, 2.75) is 38.2 Å². The molecule has 1 aliphatic rings. The second-order valence-electron chi connectivity index (χ2n) is 7.02. The van der Waals surface area contributed by atoms with E-state index in [2.05, 4.69) is 15.9 Å². The van der Waals surface area contributed by atoms with Gasteiger partial charge in [-0.1, -0.05) is 28.1 Å². The van der Waals surface area contributed by atoms with Gasteiger partial charge < -0.3 is 20.1 Å². The summed E-state index contributed by atoms with van der Waals surface area (Å²) in [6.45, 7) is 1.53. The maximum absolute atomic E-state index is 10.9. The van der Waals surface area contributed by atoms with Gasteiger partial charge in [-0.15, -0.1) is 0 Å². The van der Waals surface area contributed by atoms with E-state index in [1.54, 1.807) is 24.3 Å². The highest BCUT2D eigenvalue weighted by Gasteiger charge is 2.24. The number of carboxylic acids is 1. The minimum Gasteiger partial charge on any atom is -0.489 e. The van der Waals surface area contributed by atoms with E-state index in [-0.39, 0.29) is 5.56 Å². The SMILES string of the molecule is O=C(O)c1ccc(COc2ccc(Br)cc2CC(O)N2CCCC(O)C2)cc1. The molecule has 1 saturated heterocycles. The summed E-state index contributed by atoms with van der Waals surface area (Å²) in [5.41, 5.74) is 1.96. The minimum atomic E-state index is -0.959. The molecule has 0 amide bonds. The molecule has 2 aromatic rings. The molecule has 3 rings (SSSR count). The number of likely N-dealkylation sites (tertiary alicyclic amines) is 1. The highest BCUT2D eigenvalue weighted by Crippen LogP contribution is 2.27. The maximum Gasteiger partial charge on any atom is 0.335 e. The number of β-amino-alcohol motifs (C(OH)–C–C–N with tert-alkyl or cyclic N) is 1. The van der Waals surface area contributed by atoms with Crippen molar-refractivity contribution < 1.29 is 24.9 Å². The fourth-order valence-corrected chi connectivity index (χ4v) is 3.74. The van der Waals surface area contributed by atoms with E-state index in [9.17, 15) is 15.0 Å². The van der Waals surface area contributed by atoms with E-state index in [1.165, 1.54) is 0 Å². The van der Waals surface area contributed by atoms with Crippen molar-refractivity contribution in [1.29, 1.82) is 0 Å². The molecule has 2 unspecified atom stereocenters. The lowest BCUT2D eigenvalue weighted by atomic mass is 10.1. The molecule has 0 aromatic heterocycles. The number of rotatable bonds is 7. The van der Waals surface area contributed by atoms with Crippen LogP contribution in [0, 0.1) is 0 Å². The van der Waals surface area contributed by atoms with Gasteiger partial charge in [-0.2, -0.15) is 0 Å². The molecule has 0 saturated carbocycles. The topological polar surface area (TPSA) is 90.2 Å². The third kappa shape index (κ3) is 5.54.